The van der Waals surface area contributed by atoms with Crippen molar-refractivity contribution in [1.82, 2.24) is 0 Å². The van der Waals surface area contributed by atoms with Gasteiger partial charge in [0.25, 0.3) is 0 Å². The number of hydrogen-bond acceptors (Lipinski definition) is 1. The van der Waals surface area contributed by atoms with Gasteiger partial charge in [0.2, 0.25) is 5.82 Å². The molecule has 0 aliphatic heterocycles. The molecular weight excluding hydrogens is 450 g/mol. The molecule has 2 atom stereocenters. The van der Waals surface area contributed by atoms with Crippen LogP contribution in [-0.2, 0) is 0 Å². The number of ether oxygens (including phenoxy) is 1. The second-order valence-electron chi connectivity index (χ2n) is 12.3. The molecule has 0 bridgehead atoms. The minimum absolute atomic E-state index is 0.0780. The second-order valence-corrected chi connectivity index (χ2v) is 12.3. The summed E-state index contributed by atoms with van der Waals surface area (Å²) in [5.41, 5.74) is 0.556. The Labute approximate surface area is 219 Å². The summed E-state index contributed by atoms with van der Waals surface area (Å²) in [6.45, 7) is 4.97. The minimum atomic E-state index is -0.793. The van der Waals surface area contributed by atoms with Crippen LogP contribution in [0.15, 0.2) is 24.3 Å². The number of allylic oxidation sites excluding steroid dienone is 1. The van der Waals surface area contributed by atoms with E-state index in [1.54, 1.807) is 12.1 Å². The lowest BCUT2D eigenvalue weighted by Crippen LogP contribution is -2.24. The first kappa shape index (κ1) is 27.6. The molecule has 3 aliphatic carbocycles. The van der Waals surface area contributed by atoms with Crippen LogP contribution in [0.25, 0.3) is 0 Å². The van der Waals surface area contributed by atoms with E-state index in [4.69, 9.17) is 4.74 Å². The smallest absolute Gasteiger partial charge is 0.200 e. The Bertz CT molecular complexity index is 817. The van der Waals surface area contributed by atoms with E-state index < -0.39 is 11.6 Å². The lowest BCUT2D eigenvalue weighted by atomic mass is 9.71. The lowest BCUT2D eigenvalue weighted by molar-refractivity contribution is 0.191. The van der Waals surface area contributed by atoms with Crippen LogP contribution in [0.2, 0.25) is 0 Å². The average Bonchev–Trinajstić information content (AvgIpc) is 2.91. The van der Waals surface area contributed by atoms with Crippen molar-refractivity contribution in [3.8, 4) is 5.75 Å². The number of halogens is 2. The zero-order chi connectivity index (χ0) is 25.3. The molecule has 1 nitrogen and oxygen atoms in total. The van der Waals surface area contributed by atoms with Crippen LogP contribution >= 0.6 is 0 Å². The molecule has 1 aromatic rings. The Balaban J connectivity index is 1.23. The predicted octanol–water partition coefficient (Wildman–Crippen LogP) is 10.4. The summed E-state index contributed by atoms with van der Waals surface area (Å²) in [5, 5.41) is 0. The first-order valence-corrected chi connectivity index (χ1v) is 15.4. The van der Waals surface area contributed by atoms with Gasteiger partial charge in [-0.3, -0.25) is 0 Å². The highest BCUT2D eigenvalue weighted by molar-refractivity contribution is 5.33. The third-order valence-corrected chi connectivity index (χ3v) is 9.73. The van der Waals surface area contributed by atoms with Crippen LogP contribution in [0, 0.1) is 41.2 Å². The van der Waals surface area contributed by atoms with E-state index >= 15 is 4.39 Å². The highest BCUT2D eigenvalue weighted by Crippen LogP contribution is 2.41. The van der Waals surface area contributed by atoms with Gasteiger partial charge in [-0.1, -0.05) is 83.4 Å². The first-order valence-electron chi connectivity index (χ1n) is 15.4. The minimum Gasteiger partial charge on any atom is -0.490 e. The van der Waals surface area contributed by atoms with Crippen molar-refractivity contribution < 1.29 is 13.5 Å². The number of hydrogen-bond donors (Lipinski definition) is 0. The molecule has 3 aliphatic rings. The van der Waals surface area contributed by atoms with Crippen LogP contribution in [0.4, 0.5) is 8.78 Å². The fourth-order valence-electron chi connectivity index (χ4n) is 7.36. The monoisotopic (exact) mass is 500 g/mol. The van der Waals surface area contributed by atoms with Crippen LogP contribution in [0.1, 0.15) is 128 Å². The summed E-state index contributed by atoms with van der Waals surface area (Å²) in [6, 6.07) is 3.46. The maximum Gasteiger partial charge on any atom is 0.200 e. The summed E-state index contributed by atoms with van der Waals surface area (Å²) in [7, 11) is 0. The zero-order valence-electron chi connectivity index (χ0n) is 23.0. The van der Waals surface area contributed by atoms with Crippen molar-refractivity contribution in [1.29, 1.82) is 0 Å². The van der Waals surface area contributed by atoms with Crippen LogP contribution in [-0.4, -0.2) is 6.61 Å². The van der Waals surface area contributed by atoms with Gasteiger partial charge in [-0.25, -0.2) is 4.39 Å². The molecular formula is C33H50F2O. The fourth-order valence-corrected chi connectivity index (χ4v) is 7.36. The Morgan fingerprint density at radius 3 is 2.11 bits per heavy atom. The molecule has 2 saturated carbocycles. The highest BCUT2D eigenvalue weighted by Gasteiger charge is 2.29. The highest BCUT2D eigenvalue weighted by atomic mass is 19.2. The summed E-state index contributed by atoms with van der Waals surface area (Å²) in [4.78, 5) is 0. The summed E-state index contributed by atoms with van der Waals surface area (Å²) < 4.78 is 35.8. The van der Waals surface area contributed by atoms with Gasteiger partial charge in [0.05, 0.1) is 6.61 Å². The molecule has 0 N–H and O–H groups in total. The van der Waals surface area contributed by atoms with Gasteiger partial charge in [0.15, 0.2) is 11.6 Å². The van der Waals surface area contributed by atoms with E-state index in [0.29, 0.717) is 24.0 Å². The maximum absolute atomic E-state index is 15.0. The third-order valence-electron chi connectivity index (χ3n) is 9.73. The molecule has 36 heavy (non-hydrogen) atoms. The Hall–Kier alpha value is -1.38. The van der Waals surface area contributed by atoms with Crippen molar-refractivity contribution >= 4 is 0 Å². The number of benzene rings is 1. The third kappa shape index (κ3) is 7.35. The summed E-state index contributed by atoms with van der Waals surface area (Å²) in [6.07, 6.45) is 24.6. The summed E-state index contributed by atoms with van der Waals surface area (Å²) in [5.74, 6) is 2.29. The molecule has 0 radical (unpaired) electrons. The Kier molecular flexibility index (Phi) is 10.7. The van der Waals surface area contributed by atoms with E-state index in [1.165, 1.54) is 70.6 Å². The van der Waals surface area contributed by atoms with E-state index in [0.717, 1.165) is 49.9 Å². The second kappa shape index (κ2) is 14.0. The topological polar surface area (TPSA) is 9.23 Å². The molecule has 2 fully saturated rings. The van der Waals surface area contributed by atoms with Gasteiger partial charge in [-0.05, 0) is 92.6 Å². The van der Waals surface area contributed by atoms with Crippen molar-refractivity contribution in [2.24, 2.45) is 29.6 Å². The SMILES string of the molecule is CCCCCC1CCC(c2ccc(OCC3C=CC(C4CCC(CCC)CC4)CC3)c(F)c2F)CC1. The van der Waals surface area contributed by atoms with Gasteiger partial charge < -0.3 is 4.74 Å². The largest absolute Gasteiger partial charge is 0.490 e. The Morgan fingerprint density at radius 1 is 0.722 bits per heavy atom. The zero-order valence-corrected chi connectivity index (χ0v) is 23.0. The van der Waals surface area contributed by atoms with Crippen molar-refractivity contribution in [3.63, 3.8) is 0 Å². The Morgan fingerprint density at radius 2 is 1.44 bits per heavy atom. The van der Waals surface area contributed by atoms with Gasteiger partial charge in [0.1, 0.15) is 0 Å². The maximum atomic E-state index is 15.0. The van der Waals surface area contributed by atoms with Crippen molar-refractivity contribution in [3.05, 3.63) is 41.5 Å². The lowest BCUT2D eigenvalue weighted by Gasteiger charge is -2.35. The quantitative estimate of drug-likeness (QED) is 0.217. The van der Waals surface area contributed by atoms with E-state index in [1.807, 2.05) is 0 Å². The number of rotatable bonds is 11. The van der Waals surface area contributed by atoms with Crippen molar-refractivity contribution in [2.75, 3.05) is 6.61 Å². The fraction of sp³-hybridized carbons (Fsp3) is 0.758. The standard InChI is InChI=1S/C33H50F2O/c1-3-5-6-8-25-11-19-29(20-12-25)30-21-22-31(33(35)32(30)34)36-23-26-13-17-28(18-14-26)27-15-9-24(7-4-2)10-16-27/h13,17,21-22,24-29H,3-12,14-16,18-20,23H2,1-2H3. The van der Waals surface area contributed by atoms with Crippen LogP contribution in [0.3, 0.4) is 0 Å². The normalized spacial score (nSPS) is 30.9. The molecule has 3 heteroatoms. The van der Waals surface area contributed by atoms with E-state index in [2.05, 4.69) is 26.0 Å². The molecule has 0 aromatic heterocycles. The van der Waals surface area contributed by atoms with Gasteiger partial charge in [-0.2, -0.15) is 4.39 Å². The molecule has 202 valence electrons. The van der Waals surface area contributed by atoms with Gasteiger partial charge in [-0.15, -0.1) is 0 Å². The van der Waals surface area contributed by atoms with Gasteiger partial charge >= 0.3 is 0 Å². The van der Waals surface area contributed by atoms with E-state index in [-0.39, 0.29) is 11.7 Å². The summed E-state index contributed by atoms with van der Waals surface area (Å²) >= 11 is 0. The van der Waals surface area contributed by atoms with Crippen LogP contribution < -0.4 is 4.74 Å². The molecule has 0 amide bonds. The average molecular weight is 501 g/mol. The molecule has 1 aromatic carbocycles. The molecule has 0 heterocycles. The number of unbranched alkanes of at least 4 members (excludes halogenated alkanes) is 2. The molecule has 2 unspecified atom stereocenters. The first-order chi connectivity index (χ1) is 17.6. The van der Waals surface area contributed by atoms with E-state index in [9.17, 15) is 4.39 Å². The molecule has 0 spiro atoms. The van der Waals surface area contributed by atoms with Crippen LogP contribution in [0.5, 0.6) is 5.75 Å². The molecule has 4 rings (SSSR count). The predicted molar refractivity (Wildman–Crippen MR) is 146 cm³/mol. The molecule has 0 saturated heterocycles. The van der Waals surface area contributed by atoms with Gasteiger partial charge in [0, 0.05) is 5.92 Å². The van der Waals surface area contributed by atoms with Crippen molar-refractivity contribution in [2.45, 2.75) is 122 Å².